The minimum atomic E-state index is -4.84. The number of hydrogen-bond acceptors (Lipinski definition) is 10. The molecule has 35 heavy (non-hydrogen) atoms. The predicted octanol–water partition coefficient (Wildman–Crippen LogP) is 3.55. The van der Waals surface area contributed by atoms with Gasteiger partial charge in [0, 0.05) is 26.2 Å². The first-order valence-electron chi connectivity index (χ1n) is 10.5. The lowest BCUT2D eigenvalue weighted by atomic mass is 10.1. The van der Waals surface area contributed by atoms with Crippen LogP contribution in [0.15, 0.2) is 36.4 Å². The number of anilines is 3. The van der Waals surface area contributed by atoms with E-state index >= 15 is 0 Å². The van der Waals surface area contributed by atoms with Gasteiger partial charge in [-0.2, -0.15) is 5.10 Å². The largest absolute Gasteiger partial charge is 0.573 e. The van der Waals surface area contributed by atoms with Gasteiger partial charge in [0.05, 0.1) is 5.69 Å². The minimum absolute atomic E-state index is 0.109. The van der Waals surface area contributed by atoms with Gasteiger partial charge in [0.25, 0.3) is 5.91 Å². The summed E-state index contributed by atoms with van der Waals surface area (Å²) in [6, 6.07) is 9.00. The number of carbonyl (C=O) groups is 1. The molecule has 1 saturated heterocycles. The van der Waals surface area contributed by atoms with Crippen molar-refractivity contribution in [2.24, 2.45) is 0 Å². The molecule has 0 spiro atoms. The monoisotopic (exact) mass is 509 g/mol. The van der Waals surface area contributed by atoms with Crippen LogP contribution >= 0.6 is 11.3 Å². The summed E-state index contributed by atoms with van der Waals surface area (Å²) in [6.45, 7) is 3.40. The second kappa shape index (κ2) is 10.4. The first-order chi connectivity index (χ1) is 16.7. The fourth-order valence-electron chi connectivity index (χ4n) is 3.59. The predicted molar refractivity (Wildman–Crippen MR) is 122 cm³/mol. The molecule has 0 aliphatic carbocycles. The Morgan fingerprint density at radius 2 is 1.97 bits per heavy atom. The van der Waals surface area contributed by atoms with E-state index in [0.29, 0.717) is 11.7 Å². The SMILES string of the molecule is COC(C(=O)Nc1nnc(NC2CCN(c3ccc(C)nn3)C2)s1)c1cccc(OC(F)(F)F)c1. The highest BCUT2D eigenvalue weighted by Gasteiger charge is 2.32. The fourth-order valence-corrected chi connectivity index (χ4v) is 4.32. The van der Waals surface area contributed by atoms with E-state index in [1.54, 1.807) is 0 Å². The number of halogens is 3. The van der Waals surface area contributed by atoms with E-state index < -0.39 is 24.1 Å². The average molecular weight is 510 g/mol. The van der Waals surface area contributed by atoms with Gasteiger partial charge >= 0.3 is 6.36 Å². The Kier molecular flexibility index (Phi) is 7.31. The van der Waals surface area contributed by atoms with Gasteiger partial charge in [-0.25, -0.2) is 0 Å². The molecule has 1 aromatic carbocycles. The van der Waals surface area contributed by atoms with Crippen LogP contribution in [0.1, 0.15) is 23.8 Å². The number of carbonyl (C=O) groups excluding carboxylic acids is 1. The van der Waals surface area contributed by atoms with Crippen LogP contribution in [0.4, 0.5) is 29.3 Å². The molecule has 0 bridgehead atoms. The maximum Gasteiger partial charge on any atom is 0.573 e. The second-order valence-corrected chi connectivity index (χ2v) is 8.72. The molecule has 3 heterocycles. The van der Waals surface area contributed by atoms with Crippen molar-refractivity contribution in [2.75, 3.05) is 35.7 Å². The normalized spacial score (nSPS) is 16.7. The molecule has 2 N–H and O–H groups in total. The Morgan fingerprint density at radius 3 is 2.69 bits per heavy atom. The molecule has 1 amide bonds. The summed E-state index contributed by atoms with van der Waals surface area (Å²) in [7, 11) is 1.28. The van der Waals surface area contributed by atoms with Crippen LogP contribution < -0.4 is 20.3 Å². The number of amides is 1. The number of nitrogens with zero attached hydrogens (tertiary/aromatic N) is 5. The fraction of sp³-hybridized carbons (Fsp3) is 0.381. The van der Waals surface area contributed by atoms with Crippen LogP contribution in [-0.4, -0.2) is 58.9 Å². The number of alkyl halides is 3. The van der Waals surface area contributed by atoms with Crippen LogP contribution in [0.25, 0.3) is 0 Å². The molecule has 0 saturated carbocycles. The summed E-state index contributed by atoms with van der Waals surface area (Å²) in [4.78, 5) is 14.8. The van der Waals surface area contributed by atoms with E-state index in [-0.39, 0.29) is 16.7 Å². The lowest BCUT2D eigenvalue weighted by Crippen LogP contribution is -2.26. The highest BCUT2D eigenvalue weighted by atomic mass is 32.1. The number of ether oxygens (including phenoxy) is 2. The van der Waals surface area contributed by atoms with E-state index in [0.717, 1.165) is 47.9 Å². The number of nitrogens with one attached hydrogen (secondary N) is 2. The Bertz CT molecular complexity index is 1160. The molecule has 14 heteroatoms. The Balaban J connectivity index is 1.34. The first-order valence-corrected chi connectivity index (χ1v) is 11.4. The van der Waals surface area contributed by atoms with Gasteiger partial charge in [0.1, 0.15) is 5.75 Å². The zero-order valence-electron chi connectivity index (χ0n) is 18.7. The molecule has 3 aromatic rings. The molecule has 1 aliphatic heterocycles. The third-order valence-corrected chi connectivity index (χ3v) is 5.92. The molecule has 1 fully saturated rings. The van der Waals surface area contributed by atoms with E-state index in [9.17, 15) is 18.0 Å². The van der Waals surface area contributed by atoms with E-state index in [2.05, 4.69) is 40.7 Å². The number of rotatable bonds is 8. The molecule has 2 unspecified atom stereocenters. The van der Waals surface area contributed by atoms with Crippen LogP contribution in [0.5, 0.6) is 5.75 Å². The van der Waals surface area contributed by atoms with Gasteiger partial charge in [-0.1, -0.05) is 23.5 Å². The van der Waals surface area contributed by atoms with Crippen molar-refractivity contribution in [1.29, 1.82) is 0 Å². The van der Waals surface area contributed by atoms with Crippen molar-refractivity contribution in [2.45, 2.75) is 31.9 Å². The molecule has 4 rings (SSSR count). The quantitative estimate of drug-likeness (QED) is 0.470. The Labute approximate surface area is 202 Å². The number of methoxy groups -OCH3 is 1. The molecule has 2 aromatic heterocycles. The van der Waals surface area contributed by atoms with Crippen LogP contribution in [0.3, 0.4) is 0 Å². The van der Waals surface area contributed by atoms with E-state index in [1.165, 1.54) is 19.2 Å². The Morgan fingerprint density at radius 1 is 1.17 bits per heavy atom. The highest BCUT2D eigenvalue weighted by molar-refractivity contribution is 7.19. The van der Waals surface area contributed by atoms with Gasteiger partial charge in [-0.3, -0.25) is 10.1 Å². The average Bonchev–Trinajstić information content (AvgIpc) is 3.44. The third kappa shape index (κ3) is 6.54. The van der Waals surface area contributed by atoms with Gasteiger partial charge < -0.3 is 19.7 Å². The topological polar surface area (TPSA) is 114 Å². The Hall–Kier alpha value is -3.52. The van der Waals surface area contributed by atoms with Crippen LogP contribution in [0, 0.1) is 6.92 Å². The number of hydrogen-bond donors (Lipinski definition) is 2. The summed E-state index contributed by atoms with van der Waals surface area (Å²) in [5.41, 5.74) is 1.05. The zero-order chi connectivity index (χ0) is 25.0. The third-order valence-electron chi connectivity index (χ3n) is 5.15. The summed E-state index contributed by atoms with van der Waals surface area (Å²) in [5, 5.41) is 23.0. The van der Waals surface area contributed by atoms with Crippen molar-refractivity contribution in [3.8, 4) is 5.75 Å². The van der Waals surface area contributed by atoms with Crippen molar-refractivity contribution in [1.82, 2.24) is 20.4 Å². The summed E-state index contributed by atoms with van der Waals surface area (Å²) < 4.78 is 46.7. The summed E-state index contributed by atoms with van der Waals surface area (Å²) >= 11 is 1.14. The second-order valence-electron chi connectivity index (χ2n) is 7.75. The van der Waals surface area contributed by atoms with Gasteiger partial charge in [0.15, 0.2) is 11.9 Å². The van der Waals surface area contributed by atoms with E-state index in [4.69, 9.17) is 4.74 Å². The first kappa shape index (κ1) is 24.6. The lowest BCUT2D eigenvalue weighted by molar-refractivity contribution is -0.274. The molecule has 186 valence electrons. The maximum atomic E-state index is 12.7. The maximum absolute atomic E-state index is 12.7. The number of aryl methyl sites for hydroxylation is 1. The lowest BCUT2D eigenvalue weighted by Gasteiger charge is -2.17. The van der Waals surface area contributed by atoms with Crippen LogP contribution in [0.2, 0.25) is 0 Å². The highest BCUT2D eigenvalue weighted by Crippen LogP contribution is 2.29. The van der Waals surface area contributed by atoms with Crippen molar-refractivity contribution in [3.05, 3.63) is 47.7 Å². The number of aromatic nitrogens is 4. The standard InChI is InChI=1S/C21H22F3N7O3S/c1-12-6-7-16(28-27-12)31-9-8-14(11-31)25-19-29-30-20(35-19)26-18(32)17(33-2)13-4-3-5-15(10-13)34-21(22,23)24/h3-7,10,14,17H,8-9,11H2,1-2H3,(H,25,29)(H,26,30,32). The minimum Gasteiger partial charge on any atom is -0.406 e. The molecule has 0 radical (unpaired) electrons. The summed E-state index contributed by atoms with van der Waals surface area (Å²) in [6.07, 6.45) is -5.16. The van der Waals surface area contributed by atoms with Gasteiger partial charge in [-0.05, 0) is 43.2 Å². The van der Waals surface area contributed by atoms with Crippen molar-refractivity contribution >= 4 is 33.3 Å². The molecule has 2 atom stereocenters. The van der Waals surface area contributed by atoms with E-state index in [1.807, 2.05) is 19.1 Å². The van der Waals surface area contributed by atoms with Gasteiger partial charge in [0.2, 0.25) is 10.3 Å². The van der Waals surface area contributed by atoms with Crippen molar-refractivity contribution in [3.63, 3.8) is 0 Å². The van der Waals surface area contributed by atoms with Gasteiger partial charge in [-0.15, -0.1) is 28.5 Å². The van der Waals surface area contributed by atoms with Crippen LogP contribution in [-0.2, 0) is 9.53 Å². The molecular formula is C21H22F3N7O3S. The molecular weight excluding hydrogens is 487 g/mol. The zero-order valence-corrected chi connectivity index (χ0v) is 19.6. The smallest absolute Gasteiger partial charge is 0.406 e. The van der Waals surface area contributed by atoms with Crippen molar-refractivity contribution < 1.29 is 27.4 Å². The summed E-state index contributed by atoms with van der Waals surface area (Å²) in [5.74, 6) is -0.251. The number of benzene rings is 1. The molecule has 10 nitrogen and oxygen atoms in total. The molecule has 1 aliphatic rings.